The molecule has 1 fully saturated rings. The summed E-state index contributed by atoms with van der Waals surface area (Å²) in [5.74, 6) is 0.202. The van der Waals surface area contributed by atoms with Crippen LogP contribution in [-0.2, 0) is 17.8 Å². The third-order valence-electron chi connectivity index (χ3n) is 5.46. The van der Waals surface area contributed by atoms with Crippen molar-refractivity contribution in [1.29, 1.82) is 0 Å². The fourth-order valence-electron chi connectivity index (χ4n) is 4.02. The molecule has 0 radical (unpaired) electrons. The topological polar surface area (TPSA) is 35.6 Å². The van der Waals surface area contributed by atoms with Crippen molar-refractivity contribution in [2.24, 2.45) is 0 Å². The summed E-state index contributed by atoms with van der Waals surface area (Å²) in [6.07, 6.45) is 1.44. The lowest BCUT2D eigenvalue weighted by molar-refractivity contribution is -0.118. The van der Waals surface area contributed by atoms with Crippen molar-refractivity contribution < 1.29 is 4.79 Å². The van der Waals surface area contributed by atoms with Crippen LogP contribution in [0.3, 0.4) is 0 Å². The number of nitrogens with one attached hydrogen (secondary N) is 1. The van der Waals surface area contributed by atoms with Crippen LogP contribution in [0, 0.1) is 0 Å². The molecule has 1 atom stereocenters. The molecule has 0 bridgehead atoms. The Morgan fingerprint density at radius 3 is 2.92 bits per heavy atom. The molecule has 2 heterocycles. The lowest BCUT2D eigenvalue weighted by Crippen LogP contribution is -2.45. The van der Waals surface area contributed by atoms with Crippen molar-refractivity contribution in [2.75, 3.05) is 31.6 Å². The van der Waals surface area contributed by atoms with Gasteiger partial charge in [0.25, 0.3) is 0 Å². The van der Waals surface area contributed by atoms with Gasteiger partial charge in [-0.05, 0) is 41.3 Å². The zero-order chi connectivity index (χ0) is 18.1. The van der Waals surface area contributed by atoms with E-state index in [-0.39, 0.29) is 5.91 Å². The molecule has 26 heavy (non-hydrogen) atoms. The molecule has 0 aliphatic carbocycles. The predicted molar refractivity (Wildman–Crippen MR) is 106 cm³/mol. The summed E-state index contributed by atoms with van der Waals surface area (Å²) >= 11 is 6.21. The van der Waals surface area contributed by atoms with E-state index in [1.807, 2.05) is 19.2 Å². The van der Waals surface area contributed by atoms with Gasteiger partial charge in [-0.15, -0.1) is 0 Å². The smallest absolute Gasteiger partial charge is 0.227 e. The van der Waals surface area contributed by atoms with Gasteiger partial charge < -0.3 is 10.2 Å². The van der Waals surface area contributed by atoms with Gasteiger partial charge >= 0.3 is 0 Å². The van der Waals surface area contributed by atoms with Gasteiger partial charge in [0.2, 0.25) is 5.91 Å². The first-order valence-electron chi connectivity index (χ1n) is 9.20. The minimum Gasteiger partial charge on any atom is -0.315 e. The Hall–Kier alpha value is -1.88. The van der Waals surface area contributed by atoms with Crippen LogP contribution >= 0.6 is 11.6 Å². The number of hydrogen-bond donors (Lipinski definition) is 1. The Morgan fingerprint density at radius 1 is 1.19 bits per heavy atom. The Balaban J connectivity index is 1.56. The highest BCUT2D eigenvalue weighted by molar-refractivity contribution is 6.30. The molecule has 1 saturated heterocycles. The van der Waals surface area contributed by atoms with E-state index < -0.39 is 0 Å². The van der Waals surface area contributed by atoms with Gasteiger partial charge in [-0.3, -0.25) is 9.69 Å². The summed E-state index contributed by atoms with van der Waals surface area (Å²) in [5, 5.41) is 4.29. The molecule has 2 aliphatic heterocycles. The molecule has 2 aromatic carbocycles. The molecule has 1 amide bonds. The number of carbonyl (C=O) groups is 1. The summed E-state index contributed by atoms with van der Waals surface area (Å²) in [4.78, 5) is 16.2. The third-order valence-corrected chi connectivity index (χ3v) is 5.70. The largest absolute Gasteiger partial charge is 0.315 e. The van der Waals surface area contributed by atoms with Gasteiger partial charge in [0, 0.05) is 56.4 Å². The van der Waals surface area contributed by atoms with E-state index in [1.165, 1.54) is 16.7 Å². The SMILES string of the molecule is CN1C(=O)CCc2cc(CN3CCNCC3c3cccc(Cl)c3)ccc21. The molecule has 0 aromatic heterocycles. The highest BCUT2D eigenvalue weighted by Gasteiger charge is 2.25. The van der Waals surface area contributed by atoms with Crippen molar-refractivity contribution in [3.05, 3.63) is 64.2 Å². The molecule has 2 aliphatic rings. The third kappa shape index (κ3) is 3.50. The average Bonchev–Trinajstić information content (AvgIpc) is 2.65. The van der Waals surface area contributed by atoms with Crippen LogP contribution in [0.4, 0.5) is 5.69 Å². The Labute approximate surface area is 159 Å². The average molecular weight is 370 g/mol. The first kappa shape index (κ1) is 17.5. The van der Waals surface area contributed by atoms with E-state index in [1.54, 1.807) is 4.90 Å². The van der Waals surface area contributed by atoms with Crippen LogP contribution in [-0.4, -0.2) is 37.5 Å². The normalized spacial score (nSPS) is 20.9. The number of carbonyl (C=O) groups excluding carboxylic acids is 1. The number of fused-ring (bicyclic) bond motifs is 1. The number of benzene rings is 2. The van der Waals surface area contributed by atoms with Crippen LogP contribution in [0.15, 0.2) is 42.5 Å². The van der Waals surface area contributed by atoms with Crippen molar-refractivity contribution in [1.82, 2.24) is 10.2 Å². The Kier molecular flexibility index (Phi) is 4.98. The fourth-order valence-corrected chi connectivity index (χ4v) is 4.22. The van der Waals surface area contributed by atoms with Crippen LogP contribution < -0.4 is 10.2 Å². The number of piperazine rings is 1. The summed E-state index contributed by atoms with van der Waals surface area (Å²) in [6.45, 7) is 3.85. The molecule has 2 aromatic rings. The van der Waals surface area contributed by atoms with Gasteiger partial charge in [-0.2, -0.15) is 0 Å². The van der Waals surface area contributed by atoms with Crippen LogP contribution in [0.1, 0.15) is 29.2 Å². The molecule has 1 N–H and O–H groups in total. The van der Waals surface area contributed by atoms with Crippen molar-refractivity contribution in [3.8, 4) is 0 Å². The van der Waals surface area contributed by atoms with E-state index in [4.69, 9.17) is 11.6 Å². The van der Waals surface area contributed by atoms with Crippen molar-refractivity contribution in [2.45, 2.75) is 25.4 Å². The monoisotopic (exact) mass is 369 g/mol. The highest BCUT2D eigenvalue weighted by atomic mass is 35.5. The summed E-state index contributed by atoms with van der Waals surface area (Å²) < 4.78 is 0. The van der Waals surface area contributed by atoms with Crippen molar-refractivity contribution >= 4 is 23.2 Å². The van der Waals surface area contributed by atoms with E-state index in [0.29, 0.717) is 12.5 Å². The maximum atomic E-state index is 11.9. The quantitative estimate of drug-likeness (QED) is 0.900. The number of amides is 1. The van der Waals surface area contributed by atoms with Gasteiger partial charge in [-0.25, -0.2) is 0 Å². The summed E-state index contributed by atoms with van der Waals surface area (Å²) in [6, 6.07) is 15.0. The minimum atomic E-state index is 0.202. The number of halogens is 1. The number of anilines is 1. The number of aryl methyl sites for hydroxylation is 1. The molecule has 136 valence electrons. The zero-order valence-electron chi connectivity index (χ0n) is 15.0. The van der Waals surface area contributed by atoms with Gasteiger partial charge in [0.1, 0.15) is 0 Å². The lowest BCUT2D eigenvalue weighted by atomic mass is 9.98. The maximum Gasteiger partial charge on any atom is 0.227 e. The first-order valence-corrected chi connectivity index (χ1v) is 9.58. The fraction of sp³-hybridized carbons (Fsp3) is 0.381. The number of rotatable bonds is 3. The van der Waals surface area contributed by atoms with E-state index in [2.05, 4.69) is 40.5 Å². The van der Waals surface area contributed by atoms with Gasteiger partial charge in [-0.1, -0.05) is 35.9 Å². The molecule has 1 unspecified atom stereocenters. The molecule has 5 heteroatoms. The van der Waals surface area contributed by atoms with Gasteiger partial charge in [0.15, 0.2) is 0 Å². The Morgan fingerprint density at radius 2 is 2.08 bits per heavy atom. The van der Waals surface area contributed by atoms with E-state index >= 15 is 0 Å². The summed E-state index contributed by atoms with van der Waals surface area (Å²) in [5.41, 5.74) is 4.89. The standard InChI is InChI=1S/C21H24ClN3O/c1-24-19-7-5-15(11-17(19)6-8-21(24)26)14-25-10-9-23-13-20(25)16-3-2-4-18(22)12-16/h2-5,7,11-12,20,23H,6,8-10,13-14H2,1H3. The predicted octanol–water partition coefficient (Wildman–Crippen LogP) is 3.40. The van der Waals surface area contributed by atoms with E-state index in [0.717, 1.165) is 43.3 Å². The van der Waals surface area contributed by atoms with E-state index in [9.17, 15) is 4.79 Å². The second-order valence-electron chi connectivity index (χ2n) is 7.16. The lowest BCUT2D eigenvalue weighted by Gasteiger charge is -2.37. The second kappa shape index (κ2) is 7.39. The second-order valence-corrected chi connectivity index (χ2v) is 7.60. The molecule has 0 spiro atoms. The van der Waals surface area contributed by atoms with Crippen LogP contribution in [0.5, 0.6) is 0 Å². The Bertz CT molecular complexity index is 823. The zero-order valence-corrected chi connectivity index (χ0v) is 15.8. The molecular formula is C21H24ClN3O. The van der Waals surface area contributed by atoms with Gasteiger partial charge in [0.05, 0.1) is 0 Å². The van der Waals surface area contributed by atoms with Crippen LogP contribution in [0.25, 0.3) is 0 Å². The maximum absolute atomic E-state index is 11.9. The molecule has 4 nitrogen and oxygen atoms in total. The van der Waals surface area contributed by atoms with Crippen LogP contribution in [0.2, 0.25) is 5.02 Å². The molecule has 4 rings (SSSR count). The number of hydrogen-bond acceptors (Lipinski definition) is 3. The first-order chi connectivity index (χ1) is 12.6. The highest BCUT2D eigenvalue weighted by Crippen LogP contribution is 2.30. The summed E-state index contributed by atoms with van der Waals surface area (Å²) in [7, 11) is 1.87. The van der Waals surface area contributed by atoms with Crippen molar-refractivity contribution in [3.63, 3.8) is 0 Å². The minimum absolute atomic E-state index is 0.202. The molecule has 0 saturated carbocycles. The molecular weight excluding hydrogens is 346 g/mol. The number of nitrogens with zero attached hydrogens (tertiary/aromatic N) is 2.